The molecule has 174 valence electrons. The topological polar surface area (TPSA) is 93.7 Å². The minimum absolute atomic E-state index is 0.0325. The van der Waals surface area contributed by atoms with Crippen LogP contribution in [-0.4, -0.2) is 70.3 Å². The molecule has 3 heterocycles. The number of aryl methyl sites for hydroxylation is 1. The number of carbonyl (C=O) groups is 1. The molecule has 0 unspecified atom stereocenters. The number of hydrogen-bond donors (Lipinski definition) is 3. The SMILES string of the molecule is CCCc1[nH]nc2cc(O)c(C(=O)N3Cc4ccc(OCCN5CCNCC5)cc4C3)cc12. The smallest absolute Gasteiger partial charge is 0.258 e. The second-order valence-corrected chi connectivity index (χ2v) is 8.87. The Hall–Kier alpha value is -3.10. The number of aromatic nitrogens is 2. The van der Waals surface area contributed by atoms with Gasteiger partial charge in [-0.1, -0.05) is 19.4 Å². The number of ether oxygens (including phenoxy) is 1. The van der Waals surface area contributed by atoms with Crippen LogP contribution in [0.1, 0.15) is 40.5 Å². The Morgan fingerprint density at radius 1 is 1.15 bits per heavy atom. The largest absolute Gasteiger partial charge is 0.507 e. The molecule has 8 heteroatoms. The summed E-state index contributed by atoms with van der Waals surface area (Å²) in [4.78, 5) is 17.5. The number of rotatable bonds is 7. The average Bonchev–Trinajstić information content (AvgIpc) is 3.42. The van der Waals surface area contributed by atoms with E-state index in [0.29, 0.717) is 30.8 Å². The molecule has 5 rings (SSSR count). The van der Waals surface area contributed by atoms with Gasteiger partial charge in [0.05, 0.1) is 11.1 Å². The second-order valence-electron chi connectivity index (χ2n) is 8.87. The zero-order chi connectivity index (χ0) is 22.8. The summed E-state index contributed by atoms with van der Waals surface area (Å²) in [7, 11) is 0. The van der Waals surface area contributed by atoms with Gasteiger partial charge in [0, 0.05) is 63.0 Å². The number of carbonyl (C=O) groups excluding carboxylic acids is 1. The molecule has 1 fully saturated rings. The van der Waals surface area contributed by atoms with Crippen molar-refractivity contribution in [3.8, 4) is 11.5 Å². The molecule has 3 N–H and O–H groups in total. The lowest BCUT2D eigenvalue weighted by molar-refractivity contribution is 0.0748. The number of hydrogen-bond acceptors (Lipinski definition) is 6. The maximum absolute atomic E-state index is 13.3. The van der Waals surface area contributed by atoms with Gasteiger partial charge in [0.1, 0.15) is 18.1 Å². The summed E-state index contributed by atoms with van der Waals surface area (Å²) >= 11 is 0. The Kier molecular flexibility index (Phi) is 6.20. The number of aromatic hydroxyl groups is 1. The molecule has 33 heavy (non-hydrogen) atoms. The third-order valence-corrected chi connectivity index (χ3v) is 6.55. The van der Waals surface area contributed by atoms with Crippen LogP contribution in [0, 0.1) is 0 Å². The fourth-order valence-electron chi connectivity index (χ4n) is 4.71. The first-order chi connectivity index (χ1) is 16.1. The van der Waals surface area contributed by atoms with E-state index >= 15 is 0 Å². The lowest BCUT2D eigenvalue weighted by Gasteiger charge is -2.26. The van der Waals surface area contributed by atoms with Gasteiger partial charge in [0.25, 0.3) is 5.91 Å². The van der Waals surface area contributed by atoms with E-state index in [9.17, 15) is 9.90 Å². The zero-order valence-electron chi connectivity index (χ0n) is 19.1. The molecule has 8 nitrogen and oxygen atoms in total. The molecule has 0 atom stereocenters. The number of benzene rings is 2. The summed E-state index contributed by atoms with van der Waals surface area (Å²) in [5.41, 5.74) is 4.21. The third-order valence-electron chi connectivity index (χ3n) is 6.55. The van der Waals surface area contributed by atoms with Crippen molar-refractivity contribution in [3.63, 3.8) is 0 Å². The summed E-state index contributed by atoms with van der Waals surface area (Å²) in [6, 6.07) is 9.41. The zero-order valence-corrected chi connectivity index (χ0v) is 19.1. The average molecular weight is 450 g/mol. The maximum Gasteiger partial charge on any atom is 0.258 e. The van der Waals surface area contributed by atoms with Crippen LogP contribution in [0.3, 0.4) is 0 Å². The van der Waals surface area contributed by atoms with Crippen LogP contribution in [-0.2, 0) is 19.5 Å². The number of fused-ring (bicyclic) bond motifs is 2. The summed E-state index contributed by atoms with van der Waals surface area (Å²) < 4.78 is 5.99. The number of aromatic amines is 1. The van der Waals surface area contributed by atoms with Crippen molar-refractivity contribution in [2.75, 3.05) is 39.3 Å². The number of piperazine rings is 1. The van der Waals surface area contributed by atoms with Gasteiger partial charge in [0.15, 0.2) is 0 Å². The molecule has 2 aliphatic heterocycles. The molecule has 0 bridgehead atoms. The van der Waals surface area contributed by atoms with Gasteiger partial charge in [-0.25, -0.2) is 0 Å². The number of amides is 1. The predicted octanol–water partition coefficient (Wildman–Crippen LogP) is 2.66. The Labute approximate surface area is 193 Å². The van der Waals surface area contributed by atoms with Crippen LogP contribution in [0.4, 0.5) is 0 Å². The Morgan fingerprint density at radius 2 is 1.97 bits per heavy atom. The van der Waals surface area contributed by atoms with Crippen LogP contribution in [0.15, 0.2) is 30.3 Å². The van der Waals surface area contributed by atoms with E-state index in [-0.39, 0.29) is 11.7 Å². The standard InChI is InChI=1S/C25H31N5O3/c1-2-3-22-20-13-21(24(31)14-23(20)28-27-22)25(32)30-15-17-4-5-19(12-18(17)16-30)33-11-10-29-8-6-26-7-9-29/h4-5,12-14,26,31H,2-3,6-11,15-16H2,1H3,(H,27,28). The number of phenolic OH excluding ortho intramolecular Hbond substituents is 1. The van der Waals surface area contributed by atoms with Gasteiger partial charge in [0.2, 0.25) is 0 Å². The van der Waals surface area contributed by atoms with Crippen molar-refractivity contribution < 1.29 is 14.6 Å². The summed E-state index contributed by atoms with van der Waals surface area (Å²) in [6.07, 6.45) is 1.82. The van der Waals surface area contributed by atoms with E-state index in [1.54, 1.807) is 17.0 Å². The van der Waals surface area contributed by atoms with E-state index < -0.39 is 0 Å². The van der Waals surface area contributed by atoms with Crippen LogP contribution < -0.4 is 10.1 Å². The lowest BCUT2D eigenvalue weighted by atomic mass is 10.1. The van der Waals surface area contributed by atoms with Crippen molar-refractivity contribution in [1.29, 1.82) is 0 Å². The highest BCUT2D eigenvalue weighted by Crippen LogP contribution is 2.32. The fourth-order valence-corrected chi connectivity index (χ4v) is 4.71. The molecule has 0 saturated carbocycles. The normalized spacial score (nSPS) is 16.3. The molecule has 2 aliphatic rings. The number of H-pyrrole nitrogens is 1. The molecule has 1 amide bonds. The number of nitrogens with one attached hydrogen (secondary N) is 2. The van der Waals surface area contributed by atoms with Gasteiger partial charge < -0.3 is 20.1 Å². The van der Waals surface area contributed by atoms with Gasteiger partial charge in [-0.2, -0.15) is 5.10 Å². The Balaban J connectivity index is 1.26. The predicted molar refractivity (Wildman–Crippen MR) is 127 cm³/mol. The highest BCUT2D eigenvalue weighted by atomic mass is 16.5. The van der Waals surface area contributed by atoms with Crippen molar-refractivity contribution in [3.05, 3.63) is 52.7 Å². The Bertz CT molecular complexity index is 1150. The quantitative estimate of drug-likeness (QED) is 0.514. The highest BCUT2D eigenvalue weighted by molar-refractivity contribution is 6.01. The van der Waals surface area contributed by atoms with Crippen LogP contribution in [0.2, 0.25) is 0 Å². The van der Waals surface area contributed by atoms with Crippen molar-refractivity contribution in [2.24, 2.45) is 0 Å². The molecule has 0 aliphatic carbocycles. The molecular weight excluding hydrogens is 418 g/mol. The first kappa shape index (κ1) is 21.7. The van der Waals surface area contributed by atoms with E-state index in [0.717, 1.165) is 73.5 Å². The molecule has 1 saturated heterocycles. The number of phenols is 1. The van der Waals surface area contributed by atoms with E-state index in [1.165, 1.54) is 0 Å². The van der Waals surface area contributed by atoms with Gasteiger partial charge in [-0.15, -0.1) is 0 Å². The van der Waals surface area contributed by atoms with Crippen LogP contribution in [0.5, 0.6) is 11.5 Å². The Morgan fingerprint density at radius 3 is 2.79 bits per heavy atom. The minimum Gasteiger partial charge on any atom is -0.507 e. The fraction of sp³-hybridized carbons (Fsp3) is 0.440. The van der Waals surface area contributed by atoms with Crippen molar-refractivity contribution in [1.82, 2.24) is 25.3 Å². The summed E-state index contributed by atoms with van der Waals surface area (Å²) in [5, 5.41) is 22.1. The van der Waals surface area contributed by atoms with Gasteiger partial charge in [-0.3, -0.25) is 14.8 Å². The van der Waals surface area contributed by atoms with E-state index in [2.05, 4.69) is 27.3 Å². The third kappa shape index (κ3) is 4.54. The van der Waals surface area contributed by atoms with E-state index in [4.69, 9.17) is 4.74 Å². The van der Waals surface area contributed by atoms with Crippen LogP contribution >= 0.6 is 0 Å². The minimum atomic E-state index is -0.171. The maximum atomic E-state index is 13.3. The van der Waals surface area contributed by atoms with Gasteiger partial charge >= 0.3 is 0 Å². The highest BCUT2D eigenvalue weighted by Gasteiger charge is 2.27. The van der Waals surface area contributed by atoms with Crippen LogP contribution in [0.25, 0.3) is 10.9 Å². The monoisotopic (exact) mass is 449 g/mol. The molecule has 1 aromatic heterocycles. The number of nitrogens with zero attached hydrogens (tertiary/aromatic N) is 3. The van der Waals surface area contributed by atoms with Crippen molar-refractivity contribution >= 4 is 16.8 Å². The summed E-state index contributed by atoms with van der Waals surface area (Å²) in [6.45, 7) is 8.89. The second kappa shape index (κ2) is 9.41. The first-order valence-corrected chi connectivity index (χ1v) is 11.8. The molecule has 2 aromatic carbocycles. The van der Waals surface area contributed by atoms with Crippen molar-refractivity contribution in [2.45, 2.75) is 32.9 Å². The lowest BCUT2D eigenvalue weighted by Crippen LogP contribution is -2.44. The molecule has 0 radical (unpaired) electrons. The summed E-state index contributed by atoms with van der Waals surface area (Å²) in [5.74, 6) is 0.635. The molecule has 3 aromatic rings. The van der Waals surface area contributed by atoms with E-state index in [1.807, 2.05) is 18.2 Å². The van der Waals surface area contributed by atoms with Gasteiger partial charge in [-0.05, 0) is 35.7 Å². The molecule has 0 spiro atoms. The molecular formula is C25H31N5O3. The first-order valence-electron chi connectivity index (χ1n) is 11.8.